The van der Waals surface area contributed by atoms with E-state index >= 15 is 0 Å². The van der Waals surface area contributed by atoms with Crippen molar-refractivity contribution in [3.63, 3.8) is 0 Å². The Morgan fingerprint density at radius 1 is 1.13 bits per heavy atom. The summed E-state index contributed by atoms with van der Waals surface area (Å²) in [7, 11) is 0. The van der Waals surface area contributed by atoms with E-state index in [4.69, 9.17) is 4.74 Å². The fourth-order valence-corrected chi connectivity index (χ4v) is 3.91. The van der Waals surface area contributed by atoms with Crippen molar-refractivity contribution >= 4 is 23.5 Å². The number of benzene rings is 2. The number of fused-ring (bicyclic) bond motifs is 2. The normalized spacial score (nSPS) is 20.6. The number of urea groups is 1. The number of nitrogens with zero attached hydrogens (tertiary/aromatic N) is 1. The maximum Gasteiger partial charge on any atom is 0.325 e. The van der Waals surface area contributed by atoms with E-state index in [0.29, 0.717) is 30.0 Å². The van der Waals surface area contributed by atoms with Crippen LogP contribution in [0.1, 0.15) is 38.3 Å². The Bertz CT molecular complexity index is 1010. The minimum Gasteiger partial charge on any atom is -0.493 e. The van der Waals surface area contributed by atoms with Crippen LogP contribution in [0.2, 0.25) is 0 Å². The zero-order chi connectivity index (χ0) is 21.5. The standard InChI is InChI=1S/C23H25N3O4/c1-22(2,3)15-8-10-16(11-9-15)24-19(27)14-26-20(28)23(25-21(26)29)12-13-30-18-7-5-4-6-17(18)23/h4-11H,12-14H2,1-3H3,(H,24,27)(H,25,29). The van der Waals surface area contributed by atoms with Gasteiger partial charge in [-0.2, -0.15) is 0 Å². The number of hydrogen-bond donors (Lipinski definition) is 2. The van der Waals surface area contributed by atoms with Crippen LogP contribution in [0.3, 0.4) is 0 Å². The number of ether oxygens (including phenoxy) is 1. The van der Waals surface area contributed by atoms with Gasteiger partial charge < -0.3 is 15.4 Å². The van der Waals surface area contributed by atoms with Crippen molar-refractivity contribution in [2.75, 3.05) is 18.5 Å². The van der Waals surface area contributed by atoms with Gasteiger partial charge in [0.15, 0.2) is 5.54 Å². The van der Waals surface area contributed by atoms with Crippen LogP contribution < -0.4 is 15.4 Å². The molecule has 1 unspecified atom stereocenters. The molecule has 4 rings (SSSR count). The fraction of sp³-hybridized carbons (Fsp3) is 0.348. The van der Waals surface area contributed by atoms with E-state index in [1.165, 1.54) is 0 Å². The van der Waals surface area contributed by atoms with Gasteiger partial charge in [-0.1, -0.05) is 51.1 Å². The Morgan fingerprint density at radius 3 is 2.53 bits per heavy atom. The summed E-state index contributed by atoms with van der Waals surface area (Å²) in [6.45, 7) is 6.30. The first-order valence-electron chi connectivity index (χ1n) is 9.97. The number of imide groups is 1. The van der Waals surface area contributed by atoms with Gasteiger partial charge in [0.1, 0.15) is 12.3 Å². The molecule has 7 heteroatoms. The first-order valence-corrected chi connectivity index (χ1v) is 9.97. The molecule has 0 bridgehead atoms. The molecule has 30 heavy (non-hydrogen) atoms. The molecule has 1 spiro atoms. The van der Waals surface area contributed by atoms with Gasteiger partial charge in [0.25, 0.3) is 5.91 Å². The van der Waals surface area contributed by atoms with Crippen molar-refractivity contribution in [1.82, 2.24) is 10.2 Å². The summed E-state index contributed by atoms with van der Waals surface area (Å²) < 4.78 is 5.62. The van der Waals surface area contributed by atoms with E-state index in [2.05, 4.69) is 31.4 Å². The van der Waals surface area contributed by atoms with Gasteiger partial charge in [-0.05, 0) is 29.2 Å². The summed E-state index contributed by atoms with van der Waals surface area (Å²) in [6.07, 6.45) is 0.320. The number of hydrogen-bond acceptors (Lipinski definition) is 4. The topological polar surface area (TPSA) is 87.7 Å². The monoisotopic (exact) mass is 407 g/mol. The van der Waals surface area contributed by atoms with E-state index in [1.54, 1.807) is 18.2 Å². The molecule has 2 N–H and O–H groups in total. The van der Waals surface area contributed by atoms with Crippen LogP contribution in [0, 0.1) is 0 Å². The van der Waals surface area contributed by atoms with Gasteiger partial charge >= 0.3 is 6.03 Å². The third-order valence-corrected chi connectivity index (χ3v) is 5.59. The van der Waals surface area contributed by atoms with Crippen LogP contribution in [0.15, 0.2) is 48.5 Å². The highest BCUT2D eigenvalue weighted by atomic mass is 16.5. The lowest BCUT2D eigenvalue weighted by molar-refractivity contribution is -0.135. The summed E-state index contributed by atoms with van der Waals surface area (Å²) in [6, 6.07) is 14.1. The van der Waals surface area contributed by atoms with Gasteiger partial charge in [-0.3, -0.25) is 14.5 Å². The van der Waals surface area contributed by atoms with E-state index in [-0.39, 0.29) is 12.0 Å². The number of carbonyl (C=O) groups excluding carboxylic acids is 3. The van der Waals surface area contributed by atoms with Crippen molar-refractivity contribution in [2.24, 2.45) is 0 Å². The predicted octanol–water partition coefficient (Wildman–Crippen LogP) is 3.15. The highest BCUT2D eigenvalue weighted by Gasteiger charge is 2.55. The molecule has 0 radical (unpaired) electrons. The van der Waals surface area contributed by atoms with Gasteiger partial charge in [-0.25, -0.2) is 4.79 Å². The second-order valence-corrected chi connectivity index (χ2v) is 8.70. The zero-order valence-corrected chi connectivity index (χ0v) is 17.3. The van der Waals surface area contributed by atoms with Crippen LogP contribution in [-0.4, -0.2) is 35.9 Å². The third kappa shape index (κ3) is 3.40. The number of anilines is 1. The highest BCUT2D eigenvalue weighted by molar-refractivity contribution is 6.10. The van der Waals surface area contributed by atoms with Crippen LogP contribution in [0.5, 0.6) is 5.75 Å². The minimum atomic E-state index is -1.18. The number of nitrogens with one attached hydrogen (secondary N) is 2. The summed E-state index contributed by atoms with van der Waals surface area (Å²) in [5.41, 5.74) is 1.22. The molecule has 2 aromatic carbocycles. The van der Waals surface area contributed by atoms with Crippen LogP contribution >= 0.6 is 0 Å². The number of carbonyl (C=O) groups is 3. The Hall–Kier alpha value is -3.35. The van der Waals surface area contributed by atoms with Gasteiger partial charge in [0.05, 0.1) is 6.61 Å². The van der Waals surface area contributed by atoms with Gasteiger partial charge in [0, 0.05) is 17.7 Å². The Kier molecular flexibility index (Phi) is 4.76. The maximum absolute atomic E-state index is 13.2. The average Bonchev–Trinajstić information content (AvgIpc) is 2.93. The molecule has 4 amide bonds. The first kappa shape index (κ1) is 19.9. The summed E-state index contributed by atoms with van der Waals surface area (Å²) in [5, 5.41) is 5.56. The van der Waals surface area contributed by atoms with E-state index < -0.39 is 23.4 Å². The summed E-state index contributed by atoms with van der Waals surface area (Å²) in [5.74, 6) is -0.288. The summed E-state index contributed by atoms with van der Waals surface area (Å²) in [4.78, 5) is 39.3. The molecule has 0 aromatic heterocycles. The number of para-hydroxylation sites is 1. The molecule has 2 heterocycles. The van der Waals surface area contributed by atoms with E-state index in [1.807, 2.05) is 30.3 Å². The highest BCUT2D eigenvalue weighted by Crippen LogP contribution is 2.40. The predicted molar refractivity (Wildman–Crippen MR) is 112 cm³/mol. The smallest absolute Gasteiger partial charge is 0.325 e. The number of rotatable bonds is 3. The first-order chi connectivity index (χ1) is 14.2. The SMILES string of the molecule is CC(C)(C)c1ccc(NC(=O)CN2C(=O)NC3(CCOc4ccccc43)C2=O)cc1. The largest absolute Gasteiger partial charge is 0.493 e. The van der Waals surface area contributed by atoms with Crippen LogP contribution in [0.4, 0.5) is 10.5 Å². The molecule has 0 saturated carbocycles. The van der Waals surface area contributed by atoms with Crippen molar-refractivity contribution in [3.8, 4) is 5.75 Å². The molecule has 1 atom stereocenters. The minimum absolute atomic E-state index is 0.0108. The van der Waals surface area contributed by atoms with E-state index in [9.17, 15) is 14.4 Å². The second kappa shape index (κ2) is 7.16. The molecular formula is C23H25N3O4. The fourth-order valence-electron chi connectivity index (χ4n) is 3.91. The molecule has 156 valence electrons. The molecule has 2 aromatic rings. The molecule has 7 nitrogen and oxygen atoms in total. The van der Waals surface area contributed by atoms with Crippen LogP contribution in [0.25, 0.3) is 0 Å². The molecular weight excluding hydrogens is 382 g/mol. The molecule has 2 aliphatic rings. The molecule has 1 saturated heterocycles. The lowest BCUT2D eigenvalue weighted by Gasteiger charge is -2.33. The Balaban J connectivity index is 1.49. The van der Waals surface area contributed by atoms with Crippen molar-refractivity contribution < 1.29 is 19.1 Å². The average molecular weight is 407 g/mol. The Morgan fingerprint density at radius 2 is 1.83 bits per heavy atom. The second-order valence-electron chi connectivity index (χ2n) is 8.70. The Labute approximate surface area is 175 Å². The quantitative estimate of drug-likeness (QED) is 0.765. The lowest BCUT2D eigenvalue weighted by atomic mass is 9.84. The van der Waals surface area contributed by atoms with Crippen molar-refractivity contribution in [1.29, 1.82) is 0 Å². The maximum atomic E-state index is 13.2. The van der Waals surface area contributed by atoms with E-state index in [0.717, 1.165) is 10.5 Å². The van der Waals surface area contributed by atoms with Crippen molar-refractivity contribution in [3.05, 3.63) is 59.7 Å². The number of amides is 4. The third-order valence-electron chi connectivity index (χ3n) is 5.59. The molecule has 1 fully saturated rings. The molecule has 0 aliphatic carbocycles. The van der Waals surface area contributed by atoms with Gasteiger partial charge in [-0.15, -0.1) is 0 Å². The van der Waals surface area contributed by atoms with Crippen molar-refractivity contribution in [2.45, 2.75) is 38.1 Å². The lowest BCUT2D eigenvalue weighted by Crippen LogP contribution is -2.48. The zero-order valence-electron chi connectivity index (χ0n) is 17.3. The molecule has 2 aliphatic heterocycles. The van der Waals surface area contributed by atoms with Gasteiger partial charge in [0.2, 0.25) is 5.91 Å². The van der Waals surface area contributed by atoms with Crippen LogP contribution in [-0.2, 0) is 20.5 Å². The summed E-state index contributed by atoms with van der Waals surface area (Å²) >= 11 is 0.